The second kappa shape index (κ2) is 5.67. The summed E-state index contributed by atoms with van der Waals surface area (Å²) in [5, 5.41) is 0. The van der Waals surface area contributed by atoms with Crippen molar-refractivity contribution >= 4 is 5.91 Å². The summed E-state index contributed by atoms with van der Waals surface area (Å²) in [5.74, 6) is 0.954. The Hall–Kier alpha value is -0.570. The molecule has 0 aromatic carbocycles. The van der Waals surface area contributed by atoms with Gasteiger partial charge in [-0.05, 0) is 49.9 Å². The first-order valence-electron chi connectivity index (χ1n) is 8.66. The van der Waals surface area contributed by atoms with Gasteiger partial charge in [0.2, 0.25) is 5.91 Å². The number of hydrogen-bond donors (Lipinski definition) is 1. The number of nitrogens with two attached hydrogens (primary N) is 1. The van der Waals surface area contributed by atoms with Crippen LogP contribution in [0.15, 0.2) is 0 Å². The van der Waals surface area contributed by atoms with Crippen LogP contribution in [0.25, 0.3) is 0 Å². The Morgan fingerprint density at radius 1 is 1.05 bits per heavy atom. The molecule has 3 fully saturated rings. The fourth-order valence-electron chi connectivity index (χ4n) is 4.81. The van der Waals surface area contributed by atoms with E-state index in [1.807, 2.05) is 0 Å². The van der Waals surface area contributed by atoms with Crippen LogP contribution in [0.4, 0.5) is 0 Å². The first-order chi connectivity index (χ1) is 9.61. The van der Waals surface area contributed by atoms with Crippen molar-refractivity contribution in [2.75, 3.05) is 13.1 Å². The minimum Gasteiger partial charge on any atom is -0.342 e. The van der Waals surface area contributed by atoms with Gasteiger partial charge in [0, 0.05) is 25.0 Å². The van der Waals surface area contributed by atoms with Crippen LogP contribution in [0.1, 0.15) is 64.7 Å². The molecular weight excluding hydrogens is 248 g/mol. The minimum atomic E-state index is 0.191. The van der Waals surface area contributed by atoms with E-state index in [0.717, 1.165) is 32.4 Å². The van der Waals surface area contributed by atoms with Crippen molar-refractivity contribution in [3.8, 4) is 0 Å². The molecule has 3 aliphatic rings. The number of piperidine rings is 1. The maximum Gasteiger partial charge on any atom is 0.226 e. The Kier molecular flexibility index (Phi) is 4.07. The van der Waals surface area contributed by atoms with E-state index >= 15 is 0 Å². The van der Waals surface area contributed by atoms with Crippen molar-refractivity contribution in [2.24, 2.45) is 23.0 Å². The van der Waals surface area contributed by atoms with Gasteiger partial charge in [-0.25, -0.2) is 0 Å². The molecule has 2 aliphatic carbocycles. The number of amides is 1. The van der Waals surface area contributed by atoms with E-state index in [1.54, 1.807) is 0 Å². The number of rotatable bonds is 1. The molecule has 3 atom stereocenters. The normalized spacial score (nSPS) is 37.3. The summed E-state index contributed by atoms with van der Waals surface area (Å²) in [5.41, 5.74) is 6.76. The highest BCUT2D eigenvalue weighted by Gasteiger charge is 2.41. The number of nitrogens with zero attached hydrogens (tertiary/aromatic N) is 1. The van der Waals surface area contributed by atoms with Crippen molar-refractivity contribution < 1.29 is 4.79 Å². The third-order valence-electron chi connectivity index (χ3n) is 6.48. The van der Waals surface area contributed by atoms with Gasteiger partial charge in [-0.15, -0.1) is 0 Å². The van der Waals surface area contributed by atoms with Gasteiger partial charge < -0.3 is 10.6 Å². The molecule has 2 saturated carbocycles. The molecule has 1 heterocycles. The Balaban J connectivity index is 1.58. The van der Waals surface area contributed by atoms with Gasteiger partial charge in [-0.1, -0.05) is 26.2 Å². The third-order valence-corrected chi connectivity index (χ3v) is 6.48. The Morgan fingerprint density at radius 2 is 1.70 bits per heavy atom. The van der Waals surface area contributed by atoms with Crippen LogP contribution >= 0.6 is 0 Å². The molecule has 1 spiro atoms. The predicted octanol–water partition coefficient (Wildman–Crippen LogP) is 2.93. The van der Waals surface area contributed by atoms with Crippen LogP contribution < -0.4 is 5.73 Å². The first-order valence-corrected chi connectivity index (χ1v) is 8.66. The summed E-state index contributed by atoms with van der Waals surface area (Å²) < 4.78 is 0. The van der Waals surface area contributed by atoms with E-state index in [9.17, 15) is 4.79 Å². The number of carbonyl (C=O) groups is 1. The van der Waals surface area contributed by atoms with E-state index in [4.69, 9.17) is 5.73 Å². The molecular formula is C17H30N2O. The molecule has 3 nitrogen and oxygen atoms in total. The zero-order chi connectivity index (χ0) is 14.2. The average Bonchev–Trinajstić information content (AvgIpc) is 2.90. The molecule has 0 bridgehead atoms. The highest BCUT2D eigenvalue weighted by atomic mass is 16.2. The van der Waals surface area contributed by atoms with Crippen molar-refractivity contribution in [1.29, 1.82) is 0 Å². The lowest BCUT2D eigenvalue weighted by Crippen LogP contribution is -2.49. The van der Waals surface area contributed by atoms with Crippen LogP contribution in [-0.2, 0) is 4.79 Å². The third kappa shape index (κ3) is 2.61. The van der Waals surface area contributed by atoms with Crippen LogP contribution in [0.3, 0.4) is 0 Å². The molecule has 1 amide bonds. The van der Waals surface area contributed by atoms with Crippen LogP contribution in [0, 0.1) is 17.3 Å². The standard InChI is InChI=1S/C17H30N2O/c1-13-14(5-4-6-15(13)18)16(20)19-11-9-17(10-12-19)7-2-3-8-17/h13-15H,2-12,18H2,1H3. The molecule has 1 aliphatic heterocycles. The average molecular weight is 278 g/mol. The van der Waals surface area contributed by atoms with E-state index in [1.165, 1.54) is 38.5 Å². The predicted molar refractivity (Wildman–Crippen MR) is 81.2 cm³/mol. The van der Waals surface area contributed by atoms with Gasteiger partial charge in [0.05, 0.1) is 0 Å². The van der Waals surface area contributed by atoms with Gasteiger partial charge >= 0.3 is 0 Å². The molecule has 1 saturated heterocycles. The smallest absolute Gasteiger partial charge is 0.226 e. The minimum absolute atomic E-state index is 0.191. The highest BCUT2D eigenvalue weighted by molar-refractivity contribution is 5.79. The van der Waals surface area contributed by atoms with E-state index in [2.05, 4.69) is 11.8 Å². The number of hydrogen-bond acceptors (Lipinski definition) is 2. The monoisotopic (exact) mass is 278 g/mol. The lowest BCUT2D eigenvalue weighted by molar-refractivity contribution is -0.141. The molecule has 3 rings (SSSR count). The van der Waals surface area contributed by atoms with Gasteiger partial charge in [-0.3, -0.25) is 4.79 Å². The SMILES string of the molecule is CC1C(N)CCCC1C(=O)N1CCC2(CCCC2)CC1. The van der Waals surface area contributed by atoms with E-state index in [0.29, 0.717) is 17.2 Å². The summed E-state index contributed by atoms with van der Waals surface area (Å²) in [6.45, 7) is 4.17. The summed E-state index contributed by atoms with van der Waals surface area (Å²) in [7, 11) is 0. The molecule has 0 radical (unpaired) electrons. The molecule has 3 heteroatoms. The Labute approximate surface area is 123 Å². The van der Waals surface area contributed by atoms with E-state index in [-0.39, 0.29) is 12.0 Å². The lowest BCUT2D eigenvalue weighted by Gasteiger charge is -2.42. The van der Waals surface area contributed by atoms with Crippen molar-refractivity contribution in [2.45, 2.75) is 70.8 Å². The van der Waals surface area contributed by atoms with Gasteiger partial charge in [0.1, 0.15) is 0 Å². The van der Waals surface area contributed by atoms with Crippen molar-refractivity contribution in [3.63, 3.8) is 0 Å². The van der Waals surface area contributed by atoms with Gasteiger partial charge in [-0.2, -0.15) is 0 Å². The maximum absolute atomic E-state index is 12.8. The van der Waals surface area contributed by atoms with Gasteiger partial charge in [0.15, 0.2) is 0 Å². The summed E-state index contributed by atoms with van der Waals surface area (Å²) in [4.78, 5) is 14.9. The highest BCUT2D eigenvalue weighted by Crippen LogP contribution is 2.46. The summed E-state index contributed by atoms with van der Waals surface area (Å²) in [6, 6.07) is 0.226. The van der Waals surface area contributed by atoms with Crippen molar-refractivity contribution in [1.82, 2.24) is 4.90 Å². The zero-order valence-corrected chi connectivity index (χ0v) is 12.9. The molecule has 20 heavy (non-hydrogen) atoms. The van der Waals surface area contributed by atoms with Crippen LogP contribution in [-0.4, -0.2) is 29.9 Å². The fourth-order valence-corrected chi connectivity index (χ4v) is 4.81. The van der Waals surface area contributed by atoms with Crippen molar-refractivity contribution in [3.05, 3.63) is 0 Å². The number of likely N-dealkylation sites (tertiary alicyclic amines) is 1. The fraction of sp³-hybridized carbons (Fsp3) is 0.941. The topological polar surface area (TPSA) is 46.3 Å². The summed E-state index contributed by atoms with van der Waals surface area (Å²) >= 11 is 0. The molecule has 0 aromatic heterocycles. The largest absolute Gasteiger partial charge is 0.342 e. The van der Waals surface area contributed by atoms with Crippen LogP contribution in [0.5, 0.6) is 0 Å². The molecule has 114 valence electrons. The second-order valence-corrected chi connectivity index (χ2v) is 7.59. The molecule has 2 N–H and O–H groups in total. The van der Waals surface area contributed by atoms with E-state index < -0.39 is 0 Å². The Bertz CT molecular complexity index is 352. The quantitative estimate of drug-likeness (QED) is 0.801. The summed E-state index contributed by atoms with van der Waals surface area (Å²) in [6.07, 6.45) is 11.4. The second-order valence-electron chi connectivity index (χ2n) is 7.59. The maximum atomic E-state index is 12.8. The first kappa shape index (κ1) is 14.4. The molecule has 0 aromatic rings. The Morgan fingerprint density at radius 3 is 2.35 bits per heavy atom. The zero-order valence-electron chi connectivity index (χ0n) is 12.9. The number of carbonyl (C=O) groups excluding carboxylic acids is 1. The van der Waals surface area contributed by atoms with Crippen LogP contribution in [0.2, 0.25) is 0 Å². The van der Waals surface area contributed by atoms with Gasteiger partial charge in [0.25, 0.3) is 0 Å². The lowest BCUT2D eigenvalue weighted by atomic mass is 9.74. The molecule has 3 unspecified atom stereocenters.